The van der Waals surface area contributed by atoms with Crippen LogP contribution in [0, 0.1) is 0 Å². The van der Waals surface area contributed by atoms with Gasteiger partial charge >= 0.3 is 0 Å². The fourth-order valence-electron chi connectivity index (χ4n) is 2.72. The van der Waals surface area contributed by atoms with Gasteiger partial charge in [-0.1, -0.05) is 51.8 Å². The van der Waals surface area contributed by atoms with Crippen LogP contribution in [0.25, 0.3) is 11.6 Å². The Bertz CT molecular complexity index is 854. The molecule has 1 amide bonds. The van der Waals surface area contributed by atoms with Gasteiger partial charge in [0.05, 0.1) is 5.57 Å². The van der Waals surface area contributed by atoms with Gasteiger partial charge in [-0.05, 0) is 46.9 Å². The Kier molecular flexibility index (Phi) is 4.88. The third kappa shape index (κ3) is 3.45. The normalized spacial score (nSPS) is 13.5. The number of pyridine rings is 1. The highest BCUT2D eigenvalue weighted by Crippen LogP contribution is 2.36. The number of fused-ring (bicyclic) bond motifs is 1. The zero-order valence-corrected chi connectivity index (χ0v) is 15.7. The molecule has 1 heterocycles. The molecule has 2 aromatic rings. The van der Waals surface area contributed by atoms with E-state index in [0.29, 0.717) is 5.15 Å². The predicted octanol–water partition coefficient (Wildman–Crippen LogP) is 4.61. The van der Waals surface area contributed by atoms with Gasteiger partial charge in [0.25, 0.3) is 5.91 Å². The number of hydrogen-bond acceptors (Lipinski definition) is 2. The molecule has 3 rings (SSSR count). The van der Waals surface area contributed by atoms with Crippen LogP contribution in [0.3, 0.4) is 0 Å². The third-order valence-corrected chi connectivity index (χ3v) is 4.60. The number of nitrogens with zero attached hydrogens (tertiary/aromatic N) is 2. The SMILES string of the molecule is CN(C)C(=O)C1=C(/C=C/c2ccc(Cl)nc2)Cc2cc(Br)ccc21. The molecule has 0 bridgehead atoms. The summed E-state index contributed by atoms with van der Waals surface area (Å²) in [6, 6.07) is 9.70. The fraction of sp³-hybridized carbons (Fsp3) is 0.158. The molecular weight excluding hydrogens is 388 g/mol. The molecule has 3 nitrogen and oxygen atoms in total. The average Bonchev–Trinajstić information content (AvgIpc) is 2.90. The van der Waals surface area contributed by atoms with E-state index in [4.69, 9.17) is 11.6 Å². The lowest BCUT2D eigenvalue weighted by atomic mass is 10.0. The van der Waals surface area contributed by atoms with Crippen LogP contribution in [0.2, 0.25) is 5.15 Å². The Morgan fingerprint density at radius 1 is 1.25 bits per heavy atom. The van der Waals surface area contributed by atoms with Crippen molar-refractivity contribution in [1.29, 1.82) is 0 Å². The predicted molar refractivity (Wildman–Crippen MR) is 102 cm³/mol. The maximum atomic E-state index is 12.7. The van der Waals surface area contributed by atoms with Crippen LogP contribution in [0.5, 0.6) is 0 Å². The molecule has 0 atom stereocenters. The second-order valence-electron chi connectivity index (χ2n) is 5.83. The summed E-state index contributed by atoms with van der Waals surface area (Å²) in [7, 11) is 3.55. The van der Waals surface area contributed by atoms with Gasteiger partial charge in [-0.25, -0.2) is 4.98 Å². The topological polar surface area (TPSA) is 33.2 Å². The summed E-state index contributed by atoms with van der Waals surface area (Å²) >= 11 is 9.32. The van der Waals surface area contributed by atoms with Gasteiger partial charge in [0.1, 0.15) is 5.15 Å². The van der Waals surface area contributed by atoms with Crippen LogP contribution in [0.4, 0.5) is 0 Å². The molecule has 0 spiro atoms. The lowest BCUT2D eigenvalue weighted by molar-refractivity contribution is -0.122. The number of rotatable bonds is 3. The van der Waals surface area contributed by atoms with Gasteiger partial charge in [0, 0.05) is 24.8 Å². The number of halogens is 2. The summed E-state index contributed by atoms with van der Waals surface area (Å²) in [6.45, 7) is 0. The smallest absolute Gasteiger partial charge is 0.254 e. The largest absolute Gasteiger partial charge is 0.345 e. The van der Waals surface area contributed by atoms with Gasteiger partial charge in [-0.2, -0.15) is 0 Å². The summed E-state index contributed by atoms with van der Waals surface area (Å²) in [5.41, 5.74) is 4.88. The molecule has 1 aliphatic carbocycles. The second kappa shape index (κ2) is 6.91. The Morgan fingerprint density at radius 2 is 2.04 bits per heavy atom. The van der Waals surface area contributed by atoms with Crippen LogP contribution in [-0.2, 0) is 11.2 Å². The van der Waals surface area contributed by atoms with E-state index in [2.05, 4.69) is 27.0 Å². The summed E-state index contributed by atoms with van der Waals surface area (Å²) in [5.74, 6) is 0.0185. The lowest BCUT2D eigenvalue weighted by Crippen LogP contribution is -2.22. The standard InChI is InChI=1S/C19H16BrClN2O/c1-23(2)19(24)18-13(5-3-12-4-8-17(21)22-11-12)9-14-10-15(20)6-7-16(14)18/h3-8,10-11H,9H2,1-2H3/b5-3+. The Morgan fingerprint density at radius 3 is 2.71 bits per heavy atom. The van der Waals surface area contributed by atoms with Crippen LogP contribution >= 0.6 is 27.5 Å². The third-order valence-electron chi connectivity index (χ3n) is 3.89. The van der Waals surface area contributed by atoms with Gasteiger partial charge in [-0.15, -0.1) is 0 Å². The van der Waals surface area contributed by atoms with Gasteiger partial charge in [0.2, 0.25) is 0 Å². The van der Waals surface area contributed by atoms with Crippen molar-refractivity contribution in [2.45, 2.75) is 6.42 Å². The molecule has 0 fully saturated rings. The monoisotopic (exact) mass is 402 g/mol. The first-order valence-corrected chi connectivity index (χ1v) is 8.66. The maximum absolute atomic E-state index is 12.7. The van der Waals surface area contributed by atoms with Crippen LogP contribution in [0.1, 0.15) is 16.7 Å². The number of amides is 1. The first-order chi connectivity index (χ1) is 11.5. The number of allylic oxidation sites excluding steroid dienone is 2. The number of hydrogen-bond donors (Lipinski definition) is 0. The fourth-order valence-corrected chi connectivity index (χ4v) is 3.24. The highest BCUT2D eigenvalue weighted by atomic mass is 79.9. The van der Waals surface area contributed by atoms with Crippen molar-refractivity contribution >= 4 is 45.1 Å². The highest BCUT2D eigenvalue weighted by Gasteiger charge is 2.26. The maximum Gasteiger partial charge on any atom is 0.254 e. The van der Waals surface area contributed by atoms with Crippen molar-refractivity contribution in [2.75, 3.05) is 14.1 Å². The molecule has 1 aromatic carbocycles. The Hall–Kier alpha value is -1.91. The van der Waals surface area contributed by atoms with Crippen molar-refractivity contribution in [3.63, 3.8) is 0 Å². The molecule has 0 unspecified atom stereocenters. The molecule has 0 radical (unpaired) electrons. The summed E-state index contributed by atoms with van der Waals surface area (Å²) in [6.07, 6.45) is 6.41. The Balaban J connectivity index is 2.01. The number of carbonyl (C=O) groups is 1. The number of aromatic nitrogens is 1. The minimum Gasteiger partial charge on any atom is -0.345 e. The molecule has 0 N–H and O–H groups in total. The first kappa shape index (κ1) is 16.9. The van der Waals surface area contributed by atoms with Crippen molar-refractivity contribution in [2.24, 2.45) is 0 Å². The number of likely N-dealkylation sites (N-methyl/N-ethyl adjacent to an activating group) is 1. The van der Waals surface area contributed by atoms with Crippen molar-refractivity contribution in [3.05, 3.63) is 74.5 Å². The molecule has 0 aliphatic heterocycles. The zero-order chi connectivity index (χ0) is 17.3. The van der Waals surface area contributed by atoms with E-state index >= 15 is 0 Å². The molecule has 1 aromatic heterocycles. The summed E-state index contributed by atoms with van der Waals surface area (Å²) in [5, 5.41) is 0.466. The van der Waals surface area contributed by atoms with Gasteiger partial charge in [-0.3, -0.25) is 4.79 Å². The average molecular weight is 404 g/mol. The Labute approximate surface area is 154 Å². The second-order valence-corrected chi connectivity index (χ2v) is 7.13. The number of carbonyl (C=O) groups excluding carboxylic acids is 1. The molecule has 0 saturated heterocycles. The molecule has 5 heteroatoms. The molecular formula is C19H16BrClN2O. The van der Waals surface area contributed by atoms with Crippen LogP contribution in [0.15, 0.2) is 52.7 Å². The van der Waals surface area contributed by atoms with Crippen LogP contribution < -0.4 is 0 Å². The first-order valence-electron chi connectivity index (χ1n) is 7.49. The van der Waals surface area contributed by atoms with E-state index in [0.717, 1.165) is 38.7 Å². The van der Waals surface area contributed by atoms with E-state index in [1.807, 2.05) is 30.4 Å². The van der Waals surface area contributed by atoms with Gasteiger partial charge < -0.3 is 4.90 Å². The minimum atomic E-state index is 0.0185. The number of benzene rings is 1. The van der Waals surface area contributed by atoms with E-state index in [1.165, 1.54) is 0 Å². The molecule has 1 aliphatic rings. The van der Waals surface area contributed by atoms with Crippen molar-refractivity contribution in [1.82, 2.24) is 9.88 Å². The van der Waals surface area contributed by atoms with Gasteiger partial charge in [0.15, 0.2) is 0 Å². The highest BCUT2D eigenvalue weighted by molar-refractivity contribution is 9.10. The van der Waals surface area contributed by atoms with Crippen LogP contribution in [-0.4, -0.2) is 29.9 Å². The zero-order valence-electron chi connectivity index (χ0n) is 13.4. The summed E-state index contributed by atoms with van der Waals surface area (Å²) in [4.78, 5) is 18.3. The quantitative estimate of drug-likeness (QED) is 0.701. The van der Waals surface area contributed by atoms with Crippen molar-refractivity contribution < 1.29 is 4.79 Å². The summed E-state index contributed by atoms with van der Waals surface area (Å²) < 4.78 is 1.02. The van der Waals surface area contributed by atoms with E-state index in [1.54, 1.807) is 31.3 Å². The van der Waals surface area contributed by atoms with Crippen molar-refractivity contribution in [3.8, 4) is 0 Å². The molecule has 0 saturated carbocycles. The lowest BCUT2D eigenvalue weighted by Gasteiger charge is -2.13. The molecule has 24 heavy (non-hydrogen) atoms. The molecule has 122 valence electrons. The van der Waals surface area contributed by atoms with E-state index in [9.17, 15) is 4.79 Å². The van der Waals surface area contributed by atoms with E-state index in [-0.39, 0.29) is 5.91 Å². The minimum absolute atomic E-state index is 0.0185. The van der Waals surface area contributed by atoms with E-state index < -0.39 is 0 Å².